The highest BCUT2D eigenvalue weighted by atomic mass is 16.1. The lowest BCUT2D eigenvalue weighted by Gasteiger charge is -2.33. The Balaban J connectivity index is 1.59. The van der Waals surface area contributed by atoms with E-state index in [1.54, 1.807) is 0 Å². The molecule has 0 spiro atoms. The number of rotatable bonds is 5. The molecule has 1 aliphatic heterocycles. The topological polar surface area (TPSA) is 71.2 Å². The second kappa shape index (κ2) is 7.69. The summed E-state index contributed by atoms with van der Waals surface area (Å²) in [6, 6.07) is 11.1. The molecule has 142 valence electrons. The summed E-state index contributed by atoms with van der Waals surface area (Å²) < 4.78 is 0. The van der Waals surface area contributed by atoms with Gasteiger partial charge in [0.05, 0.1) is 6.42 Å². The van der Waals surface area contributed by atoms with Crippen LogP contribution < -0.4 is 16.0 Å². The summed E-state index contributed by atoms with van der Waals surface area (Å²) in [6.45, 7) is 5.26. The van der Waals surface area contributed by atoms with Crippen molar-refractivity contribution in [1.29, 1.82) is 0 Å². The number of primary amides is 1. The molecule has 1 fully saturated rings. The lowest BCUT2D eigenvalue weighted by Crippen LogP contribution is -2.49. The Hall–Kier alpha value is -2.40. The number of nitrogens with one attached hydrogen (secondary N) is 1. The molecule has 0 bridgehead atoms. The number of fused-ring (bicyclic) bond motifs is 1. The molecule has 2 heterocycles. The molecule has 0 saturated carbocycles. The van der Waals surface area contributed by atoms with E-state index in [4.69, 9.17) is 10.7 Å². The van der Waals surface area contributed by atoms with Gasteiger partial charge in [-0.25, -0.2) is 4.98 Å². The molecule has 0 unspecified atom stereocenters. The van der Waals surface area contributed by atoms with E-state index in [0.29, 0.717) is 12.5 Å². The van der Waals surface area contributed by atoms with Gasteiger partial charge < -0.3 is 16.0 Å². The summed E-state index contributed by atoms with van der Waals surface area (Å²) in [4.78, 5) is 18.5. The molecule has 1 amide bonds. The number of carbonyl (C=O) groups is 1. The number of anilines is 1. The number of piperazine rings is 1. The molecule has 1 atom stereocenters. The van der Waals surface area contributed by atoms with E-state index in [0.717, 1.165) is 50.3 Å². The Kier molecular flexibility index (Phi) is 5.12. The zero-order valence-electron chi connectivity index (χ0n) is 16.0. The fourth-order valence-electron chi connectivity index (χ4n) is 4.27. The Labute approximate surface area is 161 Å². The van der Waals surface area contributed by atoms with Crippen LogP contribution in [0.25, 0.3) is 0 Å². The molecule has 1 saturated heterocycles. The summed E-state index contributed by atoms with van der Waals surface area (Å²) in [5.41, 5.74) is 11.7. The van der Waals surface area contributed by atoms with E-state index in [1.165, 1.54) is 28.8 Å². The summed E-state index contributed by atoms with van der Waals surface area (Å²) in [6.07, 6.45) is 4.64. The van der Waals surface area contributed by atoms with Gasteiger partial charge >= 0.3 is 0 Å². The van der Waals surface area contributed by atoms with E-state index in [1.807, 2.05) is 12.1 Å². The molecule has 5 heteroatoms. The number of hydrogen-bond donors (Lipinski definition) is 2. The normalized spacial score (nSPS) is 19.1. The lowest BCUT2D eigenvalue weighted by atomic mass is 9.98. The van der Waals surface area contributed by atoms with E-state index >= 15 is 0 Å². The van der Waals surface area contributed by atoms with Crippen molar-refractivity contribution in [1.82, 2.24) is 10.3 Å². The van der Waals surface area contributed by atoms with E-state index in [2.05, 4.69) is 35.3 Å². The fourth-order valence-corrected chi connectivity index (χ4v) is 4.27. The second-order valence-corrected chi connectivity index (χ2v) is 7.86. The Morgan fingerprint density at radius 2 is 2.04 bits per heavy atom. The third-order valence-corrected chi connectivity index (χ3v) is 5.62. The van der Waals surface area contributed by atoms with Crippen molar-refractivity contribution < 1.29 is 4.79 Å². The minimum absolute atomic E-state index is 0.287. The zero-order chi connectivity index (χ0) is 18.8. The van der Waals surface area contributed by atoms with Crippen LogP contribution in [-0.4, -0.2) is 36.6 Å². The number of benzene rings is 1. The summed E-state index contributed by atoms with van der Waals surface area (Å²) in [5, 5.41) is 3.50. The number of nitrogens with two attached hydrogens (primary N) is 1. The molecule has 2 aliphatic rings. The molecule has 2 aromatic rings. The molecule has 1 aliphatic carbocycles. The summed E-state index contributed by atoms with van der Waals surface area (Å²) in [7, 11) is 0. The zero-order valence-corrected chi connectivity index (χ0v) is 16.0. The molecule has 0 radical (unpaired) electrons. The smallest absolute Gasteiger partial charge is 0.221 e. The van der Waals surface area contributed by atoms with Crippen LogP contribution in [0.4, 0.5) is 5.82 Å². The maximum absolute atomic E-state index is 11.1. The summed E-state index contributed by atoms with van der Waals surface area (Å²) >= 11 is 0. The highest BCUT2D eigenvalue weighted by Gasteiger charge is 2.22. The van der Waals surface area contributed by atoms with Gasteiger partial charge in [-0.05, 0) is 60.9 Å². The van der Waals surface area contributed by atoms with Crippen molar-refractivity contribution >= 4 is 11.7 Å². The van der Waals surface area contributed by atoms with E-state index in [9.17, 15) is 4.79 Å². The Morgan fingerprint density at radius 3 is 2.78 bits per heavy atom. The number of hydrogen-bond acceptors (Lipinski definition) is 4. The van der Waals surface area contributed by atoms with Crippen LogP contribution in [0, 0.1) is 0 Å². The van der Waals surface area contributed by atoms with Crippen LogP contribution in [0.15, 0.2) is 30.3 Å². The van der Waals surface area contributed by atoms with Crippen molar-refractivity contribution in [3.63, 3.8) is 0 Å². The minimum atomic E-state index is -0.287. The Bertz CT molecular complexity index is 831. The average molecular weight is 364 g/mol. The molecule has 4 rings (SSSR count). The first kappa shape index (κ1) is 18.0. The fraction of sp³-hybridized carbons (Fsp3) is 0.455. The number of carbonyl (C=O) groups excluding carboxylic acids is 1. The van der Waals surface area contributed by atoms with Gasteiger partial charge in [-0.3, -0.25) is 4.79 Å². The van der Waals surface area contributed by atoms with Crippen molar-refractivity contribution in [2.75, 3.05) is 24.5 Å². The number of aromatic nitrogens is 1. The Morgan fingerprint density at radius 1 is 1.26 bits per heavy atom. The van der Waals surface area contributed by atoms with Gasteiger partial charge in [-0.15, -0.1) is 0 Å². The second-order valence-electron chi connectivity index (χ2n) is 7.86. The van der Waals surface area contributed by atoms with Crippen LogP contribution >= 0.6 is 0 Å². The largest absolute Gasteiger partial charge is 0.369 e. The van der Waals surface area contributed by atoms with Crippen LogP contribution in [0.1, 0.15) is 41.3 Å². The van der Waals surface area contributed by atoms with Gasteiger partial charge in [-0.2, -0.15) is 0 Å². The van der Waals surface area contributed by atoms with Gasteiger partial charge in [0.1, 0.15) is 5.82 Å². The molecular formula is C22H28N4O. The molecular weight excluding hydrogens is 336 g/mol. The van der Waals surface area contributed by atoms with Crippen LogP contribution in [0.2, 0.25) is 0 Å². The summed E-state index contributed by atoms with van der Waals surface area (Å²) in [5.74, 6) is 0.842. The standard InChI is InChI=1S/C22H28N4O/c1-15-14-26(10-9-24-15)22-13-18(19-3-2-4-20(19)25-22)11-16-5-7-17(8-6-16)12-21(23)27/h5-8,13,15,24H,2-4,9-12,14H2,1H3,(H2,23,27)/t15-/m1/s1. The molecule has 5 nitrogen and oxygen atoms in total. The molecule has 1 aromatic heterocycles. The molecule has 3 N–H and O–H groups in total. The number of nitrogens with zero attached hydrogens (tertiary/aromatic N) is 2. The highest BCUT2D eigenvalue weighted by molar-refractivity contribution is 5.76. The third-order valence-electron chi connectivity index (χ3n) is 5.62. The van der Waals surface area contributed by atoms with Gasteiger partial charge in [0.2, 0.25) is 5.91 Å². The predicted octanol–water partition coefficient (Wildman–Crippen LogP) is 1.99. The van der Waals surface area contributed by atoms with Crippen LogP contribution in [0.5, 0.6) is 0 Å². The van der Waals surface area contributed by atoms with Gasteiger partial charge in [0.25, 0.3) is 0 Å². The quantitative estimate of drug-likeness (QED) is 0.851. The lowest BCUT2D eigenvalue weighted by molar-refractivity contribution is -0.117. The number of aryl methyl sites for hydroxylation is 1. The SMILES string of the molecule is C[C@@H]1CN(c2cc(Cc3ccc(CC(N)=O)cc3)c3c(n2)CCC3)CCN1. The third kappa shape index (κ3) is 4.14. The van der Waals surface area contributed by atoms with Gasteiger partial charge in [0, 0.05) is 31.4 Å². The van der Waals surface area contributed by atoms with Gasteiger partial charge in [-0.1, -0.05) is 24.3 Å². The van der Waals surface area contributed by atoms with Crippen molar-refractivity contribution in [2.45, 2.75) is 45.1 Å². The molecule has 27 heavy (non-hydrogen) atoms. The highest BCUT2D eigenvalue weighted by Crippen LogP contribution is 2.30. The monoisotopic (exact) mass is 364 g/mol. The average Bonchev–Trinajstić information content (AvgIpc) is 3.12. The van der Waals surface area contributed by atoms with E-state index in [-0.39, 0.29) is 5.91 Å². The predicted molar refractivity (Wildman–Crippen MR) is 108 cm³/mol. The minimum Gasteiger partial charge on any atom is -0.369 e. The first-order chi connectivity index (χ1) is 13.1. The number of pyridine rings is 1. The molecule has 1 aromatic carbocycles. The maximum atomic E-state index is 11.1. The van der Waals surface area contributed by atoms with Crippen LogP contribution in [-0.2, 0) is 30.5 Å². The van der Waals surface area contributed by atoms with Crippen molar-refractivity contribution in [2.24, 2.45) is 5.73 Å². The van der Waals surface area contributed by atoms with Crippen LogP contribution in [0.3, 0.4) is 0 Å². The van der Waals surface area contributed by atoms with Gasteiger partial charge in [0.15, 0.2) is 0 Å². The van der Waals surface area contributed by atoms with E-state index < -0.39 is 0 Å². The van der Waals surface area contributed by atoms with Crippen molar-refractivity contribution in [3.05, 3.63) is 58.3 Å². The first-order valence-electron chi connectivity index (χ1n) is 9.94. The first-order valence-corrected chi connectivity index (χ1v) is 9.94. The van der Waals surface area contributed by atoms with Crippen molar-refractivity contribution in [3.8, 4) is 0 Å². The number of amides is 1. The maximum Gasteiger partial charge on any atom is 0.221 e.